The Kier molecular flexibility index (Phi) is 5.48. The Morgan fingerprint density at radius 1 is 1.50 bits per heavy atom. The lowest BCUT2D eigenvalue weighted by atomic mass is 10.1. The van der Waals surface area contributed by atoms with E-state index in [2.05, 4.69) is 4.90 Å². The average molecular weight is 294 g/mol. The minimum atomic E-state index is -0.512. The fourth-order valence-corrected chi connectivity index (χ4v) is 2.62. The maximum atomic E-state index is 10.2. The lowest BCUT2D eigenvalue weighted by Crippen LogP contribution is -2.32. The molecule has 2 rings (SSSR count). The maximum Gasteiger partial charge on any atom is 0.103 e. The molecule has 4 nitrogen and oxygen atoms in total. The van der Waals surface area contributed by atoms with E-state index in [0.29, 0.717) is 17.6 Å². The van der Waals surface area contributed by atoms with Gasteiger partial charge in [-0.2, -0.15) is 0 Å². The van der Waals surface area contributed by atoms with Gasteiger partial charge in [0.15, 0.2) is 0 Å². The summed E-state index contributed by atoms with van der Waals surface area (Å²) in [7, 11) is 2.01. The summed E-state index contributed by atoms with van der Waals surface area (Å²) in [5.74, 6) is 0. The van der Waals surface area contributed by atoms with Gasteiger partial charge in [0.25, 0.3) is 0 Å². The number of nitrogens with two attached hydrogens (primary N) is 1. The molecule has 0 saturated carbocycles. The standard InChI is InChI=1S/C15H22N2O2S/c1-17(9-13-3-2-8-19-13)10-14(18)11-4-6-12(7-5-11)15(16)20/h4-7,13-14,18H,2-3,8-10H2,1H3,(H2,16,20). The molecule has 0 radical (unpaired) electrons. The molecule has 0 amide bonds. The van der Waals surface area contributed by atoms with Crippen LogP contribution in [0.5, 0.6) is 0 Å². The average Bonchev–Trinajstić information content (AvgIpc) is 2.91. The summed E-state index contributed by atoms with van der Waals surface area (Å²) in [5, 5.41) is 10.2. The summed E-state index contributed by atoms with van der Waals surface area (Å²) in [6.07, 6.45) is 2.05. The Bertz CT molecular complexity index is 444. The Morgan fingerprint density at radius 3 is 2.75 bits per heavy atom. The molecule has 0 bridgehead atoms. The molecule has 1 aliphatic heterocycles. The van der Waals surface area contributed by atoms with Gasteiger partial charge in [-0.15, -0.1) is 0 Å². The molecule has 1 fully saturated rings. The zero-order valence-electron chi connectivity index (χ0n) is 11.8. The number of aliphatic hydroxyl groups excluding tert-OH is 1. The van der Waals surface area contributed by atoms with E-state index < -0.39 is 6.10 Å². The highest BCUT2D eigenvalue weighted by atomic mass is 32.1. The second kappa shape index (κ2) is 7.13. The molecule has 2 atom stereocenters. The molecule has 1 aromatic rings. The molecule has 110 valence electrons. The summed E-state index contributed by atoms with van der Waals surface area (Å²) >= 11 is 4.91. The predicted molar refractivity (Wildman–Crippen MR) is 83.8 cm³/mol. The Hall–Kier alpha value is -1.01. The van der Waals surface area contributed by atoms with Crippen LogP contribution in [-0.4, -0.2) is 47.8 Å². The number of ether oxygens (including phenoxy) is 1. The molecule has 3 N–H and O–H groups in total. The number of benzene rings is 1. The van der Waals surface area contributed by atoms with Crippen LogP contribution in [0.3, 0.4) is 0 Å². The van der Waals surface area contributed by atoms with Crippen LogP contribution in [0.1, 0.15) is 30.1 Å². The van der Waals surface area contributed by atoms with Gasteiger partial charge in [-0.05, 0) is 25.5 Å². The largest absolute Gasteiger partial charge is 0.389 e. The van der Waals surface area contributed by atoms with Crippen LogP contribution in [0.15, 0.2) is 24.3 Å². The van der Waals surface area contributed by atoms with Crippen LogP contribution in [0.25, 0.3) is 0 Å². The molecular formula is C15H22N2O2S. The summed E-state index contributed by atoms with van der Waals surface area (Å²) in [4.78, 5) is 2.49. The molecule has 1 heterocycles. The van der Waals surface area contributed by atoms with E-state index in [4.69, 9.17) is 22.7 Å². The van der Waals surface area contributed by atoms with Crippen LogP contribution >= 0.6 is 12.2 Å². The molecule has 0 aromatic heterocycles. The predicted octanol–water partition coefficient (Wildman–Crippen LogP) is 1.46. The van der Waals surface area contributed by atoms with Gasteiger partial charge in [0.2, 0.25) is 0 Å². The first-order valence-corrected chi connectivity index (χ1v) is 7.35. The lowest BCUT2D eigenvalue weighted by molar-refractivity contribution is 0.0602. The fourth-order valence-electron chi connectivity index (χ4n) is 2.48. The molecule has 1 saturated heterocycles. The van der Waals surface area contributed by atoms with E-state index in [-0.39, 0.29) is 0 Å². The highest BCUT2D eigenvalue weighted by molar-refractivity contribution is 7.80. The topological polar surface area (TPSA) is 58.7 Å². The Balaban J connectivity index is 1.86. The zero-order valence-corrected chi connectivity index (χ0v) is 12.6. The summed E-state index contributed by atoms with van der Waals surface area (Å²) in [6, 6.07) is 7.44. The third-order valence-corrected chi connectivity index (χ3v) is 3.84. The second-order valence-electron chi connectivity index (χ2n) is 5.36. The number of hydrogen-bond donors (Lipinski definition) is 2. The SMILES string of the molecule is CN(CC1CCCO1)CC(O)c1ccc(C(N)=S)cc1. The number of aliphatic hydroxyl groups is 1. The van der Waals surface area contributed by atoms with Crippen molar-refractivity contribution in [2.24, 2.45) is 5.73 Å². The Morgan fingerprint density at radius 2 is 2.20 bits per heavy atom. The minimum Gasteiger partial charge on any atom is -0.389 e. The molecular weight excluding hydrogens is 272 g/mol. The fraction of sp³-hybridized carbons (Fsp3) is 0.533. The van der Waals surface area contributed by atoms with E-state index in [0.717, 1.165) is 37.1 Å². The molecule has 1 aromatic carbocycles. The number of nitrogens with zero attached hydrogens (tertiary/aromatic N) is 1. The van der Waals surface area contributed by atoms with Gasteiger partial charge >= 0.3 is 0 Å². The van der Waals surface area contributed by atoms with Crippen LogP contribution in [0.4, 0.5) is 0 Å². The first-order valence-electron chi connectivity index (χ1n) is 6.94. The first-order chi connectivity index (χ1) is 9.56. The van der Waals surface area contributed by atoms with E-state index in [1.165, 1.54) is 0 Å². The van der Waals surface area contributed by atoms with E-state index in [1.54, 1.807) is 0 Å². The van der Waals surface area contributed by atoms with E-state index in [1.807, 2.05) is 31.3 Å². The molecule has 2 unspecified atom stereocenters. The summed E-state index contributed by atoms with van der Waals surface area (Å²) < 4.78 is 5.60. The second-order valence-corrected chi connectivity index (χ2v) is 5.80. The van der Waals surface area contributed by atoms with Crippen molar-refractivity contribution in [3.8, 4) is 0 Å². The van der Waals surface area contributed by atoms with Crippen LogP contribution in [0, 0.1) is 0 Å². The van der Waals surface area contributed by atoms with Crippen molar-refractivity contribution in [3.05, 3.63) is 35.4 Å². The van der Waals surface area contributed by atoms with Crippen molar-refractivity contribution in [1.29, 1.82) is 0 Å². The normalized spacial score (nSPS) is 20.2. The zero-order chi connectivity index (χ0) is 14.5. The number of hydrogen-bond acceptors (Lipinski definition) is 4. The molecule has 20 heavy (non-hydrogen) atoms. The van der Waals surface area contributed by atoms with Gasteiger partial charge < -0.3 is 20.5 Å². The van der Waals surface area contributed by atoms with Crippen LogP contribution in [-0.2, 0) is 4.74 Å². The molecule has 0 aliphatic carbocycles. The van der Waals surface area contributed by atoms with Crippen molar-refractivity contribution >= 4 is 17.2 Å². The van der Waals surface area contributed by atoms with Crippen molar-refractivity contribution in [2.45, 2.75) is 25.0 Å². The van der Waals surface area contributed by atoms with Crippen molar-refractivity contribution in [3.63, 3.8) is 0 Å². The third kappa shape index (κ3) is 4.24. The van der Waals surface area contributed by atoms with Crippen LogP contribution < -0.4 is 5.73 Å². The van der Waals surface area contributed by atoms with Crippen molar-refractivity contribution in [1.82, 2.24) is 4.90 Å². The van der Waals surface area contributed by atoms with Gasteiger partial charge in [0.1, 0.15) is 4.99 Å². The smallest absolute Gasteiger partial charge is 0.103 e. The molecule has 1 aliphatic rings. The van der Waals surface area contributed by atoms with E-state index in [9.17, 15) is 5.11 Å². The number of rotatable bonds is 6. The number of likely N-dealkylation sites (N-methyl/N-ethyl adjacent to an activating group) is 1. The number of thiocarbonyl (C=S) groups is 1. The highest BCUT2D eigenvalue weighted by Crippen LogP contribution is 2.17. The highest BCUT2D eigenvalue weighted by Gasteiger charge is 2.19. The van der Waals surface area contributed by atoms with Crippen LogP contribution in [0.2, 0.25) is 0 Å². The quantitative estimate of drug-likeness (QED) is 0.778. The summed E-state index contributed by atoms with van der Waals surface area (Å²) in [6.45, 7) is 2.32. The monoisotopic (exact) mass is 294 g/mol. The van der Waals surface area contributed by atoms with E-state index >= 15 is 0 Å². The first kappa shape index (κ1) is 15.4. The summed E-state index contributed by atoms with van der Waals surface area (Å²) in [5.41, 5.74) is 7.26. The van der Waals surface area contributed by atoms with Gasteiger partial charge in [-0.1, -0.05) is 36.5 Å². The maximum absolute atomic E-state index is 10.2. The van der Waals surface area contributed by atoms with Crippen molar-refractivity contribution in [2.75, 3.05) is 26.7 Å². The minimum absolute atomic E-state index is 0.309. The molecule has 0 spiro atoms. The molecule has 5 heteroatoms. The van der Waals surface area contributed by atoms with Gasteiger partial charge in [0.05, 0.1) is 12.2 Å². The van der Waals surface area contributed by atoms with Gasteiger partial charge in [-0.3, -0.25) is 0 Å². The third-order valence-electron chi connectivity index (χ3n) is 3.60. The van der Waals surface area contributed by atoms with Crippen molar-refractivity contribution < 1.29 is 9.84 Å². The van der Waals surface area contributed by atoms with Gasteiger partial charge in [0, 0.05) is 25.3 Å². The van der Waals surface area contributed by atoms with Gasteiger partial charge in [-0.25, -0.2) is 0 Å². The Labute approximate surface area is 125 Å². The lowest BCUT2D eigenvalue weighted by Gasteiger charge is -2.23.